The van der Waals surface area contributed by atoms with Crippen molar-refractivity contribution in [3.63, 3.8) is 0 Å². The van der Waals surface area contributed by atoms with E-state index in [9.17, 15) is 4.79 Å². The lowest BCUT2D eigenvalue weighted by Gasteiger charge is -2.36. The Kier molecular flexibility index (Phi) is 4.72. The number of carbonyl (C=O) groups excluding carboxylic acids is 1. The highest BCUT2D eigenvalue weighted by Crippen LogP contribution is 2.39. The van der Waals surface area contributed by atoms with Crippen molar-refractivity contribution >= 4 is 29.1 Å². The van der Waals surface area contributed by atoms with Crippen molar-refractivity contribution in [1.82, 2.24) is 4.90 Å². The van der Waals surface area contributed by atoms with Gasteiger partial charge in [0.1, 0.15) is 0 Å². The second-order valence-corrected chi connectivity index (χ2v) is 7.50. The molecule has 0 aromatic heterocycles. The molecule has 2 aromatic carbocycles. The molecular weight excluding hydrogens is 373 g/mol. The number of benzene rings is 2. The average Bonchev–Trinajstić information content (AvgIpc) is 2.84. The van der Waals surface area contributed by atoms with Crippen molar-refractivity contribution < 1.29 is 14.3 Å². The number of halogens is 2. The van der Waals surface area contributed by atoms with Crippen LogP contribution in [0.1, 0.15) is 40.9 Å². The Hall–Kier alpha value is -1.91. The SMILES string of the molecule is C[C@@H]1c2cc3c(cc2CCN1C(=O)c1cc(Cl)cc(Cl)c1)OCCCO3. The fourth-order valence-electron chi connectivity index (χ4n) is 3.59. The molecule has 0 saturated heterocycles. The van der Waals surface area contributed by atoms with E-state index in [1.54, 1.807) is 18.2 Å². The molecule has 0 fully saturated rings. The minimum atomic E-state index is -0.0698. The van der Waals surface area contributed by atoms with Gasteiger partial charge in [-0.15, -0.1) is 0 Å². The summed E-state index contributed by atoms with van der Waals surface area (Å²) in [6.07, 6.45) is 1.64. The predicted molar refractivity (Wildman–Crippen MR) is 102 cm³/mol. The van der Waals surface area contributed by atoms with Gasteiger partial charge in [0, 0.05) is 28.6 Å². The van der Waals surface area contributed by atoms with E-state index in [0.29, 0.717) is 35.4 Å². The fourth-order valence-corrected chi connectivity index (χ4v) is 4.12. The minimum Gasteiger partial charge on any atom is -0.490 e. The van der Waals surface area contributed by atoms with Crippen molar-refractivity contribution in [2.75, 3.05) is 19.8 Å². The van der Waals surface area contributed by atoms with Crippen molar-refractivity contribution in [3.8, 4) is 11.5 Å². The number of fused-ring (bicyclic) bond motifs is 2. The van der Waals surface area contributed by atoms with Gasteiger partial charge in [-0.2, -0.15) is 0 Å². The summed E-state index contributed by atoms with van der Waals surface area (Å²) in [7, 11) is 0. The molecule has 4 rings (SSSR count). The molecule has 0 aliphatic carbocycles. The highest BCUT2D eigenvalue weighted by molar-refractivity contribution is 6.35. The van der Waals surface area contributed by atoms with Crippen LogP contribution in [0, 0.1) is 0 Å². The lowest BCUT2D eigenvalue weighted by atomic mass is 9.92. The van der Waals surface area contributed by atoms with Crippen molar-refractivity contribution in [2.24, 2.45) is 0 Å². The molecule has 0 radical (unpaired) electrons. The summed E-state index contributed by atoms with van der Waals surface area (Å²) < 4.78 is 11.6. The molecule has 1 atom stereocenters. The topological polar surface area (TPSA) is 38.8 Å². The number of rotatable bonds is 1. The summed E-state index contributed by atoms with van der Waals surface area (Å²) in [6, 6.07) is 8.95. The van der Waals surface area contributed by atoms with Crippen LogP contribution in [0.4, 0.5) is 0 Å². The first kappa shape index (κ1) is 17.5. The molecular formula is C20H19Cl2NO3. The Bertz CT molecular complexity index is 848. The zero-order chi connectivity index (χ0) is 18.3. The molecule has 2 aliphatic rings. The lowest BCUT2D eigenvalue weighted by Crippen LogP contribution is -2.38. The molecule has 0 N–H and O–H groups in total. The first-order valence-corrected chi connectivity index (χ1v) is 9.48. The molecule has 1 amide bonds. The van der Waals surface area contributed by atoms with Gasteiger partial charge in [0.15, 0.2) is 11.5 Å². The van der Waals surface area contributed by atoms with Crippen LogP contribution >= 0.6 is 23.2 Å². The van der Waals surface area contributed by atoms with Gasteiger partial charge >= 0.3 is 0 Å². The largest absolute Gasteiger partial charge is 0.490 e. The van der Waals surface area contributed by atoms with Crippen LogP contribution in [-0.2, 0) is 6.42 Å². The van der Waals surface area contributed by atoms with Gasteiger partial charge in [0.25, 0.3) is 5.91 Å². The van der Waals surface area contributed by atoms with Gasteiger partial charge in [-0.1, -0.05) is 23.2 Å². The predicted octanol–water partition coefficient (Wildman–Crippen LogP) is 4.91. The van der Waals surface area contributed by atoms with E-state index in [0.717, 1.165) is 29.9 Å². The third-order valence-corrected chi connectivity index (χ3v) is 5.36. The molecule has 2 heterocycles. The molecule has 136 valence electrons. The summed E-state index contributed by atoms with van der Waals surface area (Å²) in [6.45, 7) is 3.98. The van der Waals surface area contributed by atoms with Gasteiger partial charge in [-0.3, -0.25) is 4.79 Å². The first-order chi connectivity index (χ1) is 12.5. The maximum atomic E-state index is 13.0. The molecule has 0 spiro atoms. The van der Waals surface area contributed by atoms with E-state index < -0.39 is 0 Å². The van der Waals surface area contributed by atoms with Crippen molar-refractivity contribution in [1.29, 1.82) is 0 Å². The van der Waals surface area contributed by atoms with Gasteiger partial charge in [-0.25, -0.2) is 0 Å². The number of nitrogens with zero attached hydrogens (tertiary/aromatic N) is 1. The third-order valence-electron chi connectivity index (χ3n) is 4.92. The summed E-state index contributed by atoms with van der Waals surface area (Å²) >= 11 is 12.1. The molecule has 2 aliphatic heterocycles. The summed E-state index contributed by atoms with van der Waals surface area (Å²) in [4.78, 5) is 14.9. The minimum absolute atomic E-state index is 0.0684. The van der Waals surface area contributed by atoms with Crippen LogP contribution in [0.15, 0.2) is 30.3 Å². The van der Waals surface area contributed by atoms with Gasteiger partial charge in [0.05, 0.1) is 19.3 Å². The number of hydrogen-bond acceptors (Lipinski definition) is 3. The smallest absolute Gasteiger partial charge is 0.254 e. The molecule has 2 aromatic rings. The molecule has 0 bridgehead atoms. The first-order valence-electron chi connectivity index (χ1n) is 8.72. The number of carbonyl (C=O) groups is 1. The Labute approximate surface area is 162 Å². The van der Waals surface area contributed by atoms with Crippen LogP contribution in [0.3, 0.4) is 0 Å². The molecule has 4 nitrogen and oxygen atoms in total. The highest BCUT2D eigenvalue weighted by atomic mass is 35.5. The lowest BCUT2D eigenvalue weighted by molar-refractivity contribution is 0.0677. The zero-order valence-electron chi connectivity index (χ0n) is 14.4. The van der Waals surface area contributed by atoms with E-state index in [4.69, 9.17) is 32.7 Å². The Balaban J connectivity index is 1.66. The van der Waals surface area contributed by atoms with E-state index >= 15 is 0 Å². The number of ether oxygens (including phenoxy) is 2. The Morgan fingerprint density at radius 2 is 1.69 bits per heavy atom. The van der Waals surface area contributed by atoms with E-state index in [1.165, 1.54) is 5.56 Å². The van der Waals surface area contributed by atoms with Gasteiger partial charge in [-0.05, 0) is 54.8 Å². The maximum absolute atomic E-state index is 13.0. The maximum Gasteiger partial charge on any atom is 0.254 e. The molecule has 0 saturated carbocycles. The Morgan fingerprint density at radius 3 is 2.38 bits per heavy atom. The van der Waals surface area contributed by atoms with E-state index in [1.807, 2.05) is 17.9 Å². The van der Waals surface area contributed by atoms with Crippen LogP contribution < -0.4 is 9.47 Å². The average molecular weight is 392 g/mol. The van der Waals surface area contributed by atoms with E-state index in [2.05, 4.69) is 6.07 Å². The number of hydrogen-bond donors (Lipinski definition) is 0. The summed E-state index contributed by atoms with van der Waals surface area (Å²) in [5, 5.41) is 0.920. The second-order valence-electron chi connectivity index (χ2n) is 6.63. The number of amides is 1. The van der Waals surface area contributed by atoms with Gasteiger partial charge < -0.3 is 14.4 Å². The summed E-state index contributed by atoms with van der Waals surface area (Å²) in [5.41, 5.74) is 2.81. The van der Waals surface area contributed by atoms with Gasteiger partial charge in [0.2, 0.25) is 0 Å². The fraction of sp³-hybridized carbons (Fsp3) is 0.350. The van der Waals surface area contributed by atoms with Crippen LogP contribution in [0.25, 0.3) is 0 Å². The normalized spacial score (nSPS) is 18.9. The zero-order valence-corrected chi connectivity index (χ0v) is 15.9. The molecule has 26 heavy (non-hydrogen) atoms. The summed E-state index contributed by atoms with van der Waals surface area (Å²) in [5.74, 6) is 1.49. The Morgan fingerprint density at radius 1 is 1.04 bits per heavy atom. The van der Waals surface area contributed by atoms with Crippen molar-refractivity contribution in [2.45, 2.75) is 25.8 Å². The monoisotopic (exact) mass is 391 g/mol. The second kappa shape index (κ2) is 7.01. The standard InChI is InChI=1S/C20H19Cl2NO3/c1-12-17-11-19-18(25-5-2-6-26-19)9-13(17)3-4-23(12)20(24)14-7-15(21)10-16(22)8-14/h7-12H,2-6H2,1H3/t12-/m1/s1. The van der Waals surface area contributed by atoms with E-state index in [-0.39, 0.29) is 11.9 Å². The van der Waals surface area contributed by atoms with Crippen LogP contribution in [0.2, 0.25) is 10.0 Å². The van der Waals surface area contributed by atoms with Crippen molar-refractivity contribution in [3.05, 3.63) is 57.1 Å². The highest BCUT2D eigenvalue weighted by Gasteiger charge is 2.30. The van der Waals surface area contributed by atoms with Crippen LogP contribution in [0.5, 0.6) is 11.5 Å². The molecule has 0 unspecified atom stereocenters. The third kappa shape index (κ3) is 3.24. The quantitative estimate of drug-likeness (QED) is 0.692. The van der Waals surface area contributed by atoms with Crippen LogP contribution in [-0.4, -0.2) is 30.6 Å². The molecule has 6 heteroatoms.